The summed E-state index contributed by atoms with van der Waals surface area (Å²) in [4.78, 5) is 74.8. The first kappa shape index (κ1) is 40.1. The van der Waals surface area contributed by atoms with E-state index in [9.17, 15) is 28.8 Å². The number of hydrogen-bond donors (Lipinski definition) is 4. The third kappa shape index (κ3) is 13.9. The Hall–Kier alpha value is -4.10. The van der Waals surface area contributed by atoms with E-state index in [-0.39, 0.29) is 49.1 Å². The van der Waals surface area contributed by atoms with Crippen molar-refractivity contribution in [3.8, 4) is 0 Å². The molecule has 0 fully saturated rings. The minimum atomic E-state index is -1.03. The third-order valence-electron chi connectivity index (χ3n) is 6.68. The molecule has 0 unspecified atom stereocenters. The SMILES string of the molecule is COC(=O)[C@@H](NC(=O)[C@H](C)NC(=O)OCc1ccccc1)[C@H](C)[Se][Se][C@@H](C)[C@H](NC(=O)[C@H](C)NC(=O)OCc1ccccc1)C(=O)OC. The summed E-state index contributed by atoms with van der Waals surface area (Å²) >= 11 is -0.599. The van der Waals surface area contributed by atoms with Crippen LogP contribution in [0.1, 0.15) is 38.8 Å². The number of esters is 2. The number of hydrogen-bond acceptors (Lipinski definition) is 10. The average molecular weight is 801 g/mol. The summed E-state index contributed by atoms with van der Waals surface area (Å²) in [5.41, 5.74) is 1.56. The molecule has 0 saturated heterocycles. The molecular weight excluding hydrogens is 758 g/mol. The molecule has 0 spiro atoms. The van der Waals surface area contributed by atoms with E-state index in [1.165, 1.54) is 28.1 Å². The minimum absolute atomic E-state index is 0.0232. The van der Waals surface area contributed by atoms with Crippen molar-refractivity contribution in [3.05, 3.63) is 71.8 Å². The molecule has 4 amide bonds. The number of nitrogens with one attached hydrogen (secondary N) is 4. The maximum absolute atomic E-state index is 12.9. The van der Waals surface area contributed by atoms with Crippen LogP contribution in [-0.2, 0) is 51.3 Å². The predicted octanol–water partition coefficient (Wildman–Crippen LogP) is 1.87. The number of alkyl carbamates (subject to hydrolysis) is 2. The standard InChI is InChI=1S/C32H42N4O10Se2/c1-19(33-31(41)45-17-23-13-9-7-10-14-23)27(37)35-25(29(39)43-5)21(3)47-48-22(4)26(30(40)44-6)36-28(38)20(2)34-32(42)46-18-24-15-11-8-12-16-24/h7-16,19-22,25-26H,17-18H2,1-6H3,(H,33,41)(H,34,42)(H,35,37)(H,36,38)/t19-,20-,21-,22-,25-,26-/m0/s1. The topological polar surface area (TPSA) is 187 Å². The second-order valence-corrected chi connectivity index (χ2v) is 18.6. The van der Waals surface area contributed by atoms with E-state index in [2.05, 4.69) is 21.3 Å². The molecule has 0 radical (unpaired) electrons. The second-order valence-electron chi connectivity index (χ2n) is 10.5. The molecule has 0 aliphatic rings. The molecule has 16 heteroatoms. The summed E-state index contributed by atoms with van der Waals surface area (Å²) in [6, 6.07) is 14.0. The first-order valence-electron chi connectivity index (χ1n) is 14.9. The van der Waals surface area contributed by atoms with E-state index >= 15 is 0 Å². The normalized spacial score (nSPS) is 14.4. The van der Waals surface area contributed by atoms with Crippen molar-refractivity contribution in [3.63, 3.8) is 0 Å². The zero-order chi connectivity index (χ0) is 35.6. The number of amides is 4. The van der Waals surface area contributed by atoms with Gasteiger partial charge in [0.15, 0.2) is 0 Å². The zero-order valence-corrected chi connectivity index (χ0v) is 31.0. The van der Waals surface area contributed by atoms with Crippen LogP contribution >= 0.6 is 0 Å². The molecule has 48 heavy (non-hydrogen) atoms. The Kier molecular flexibility index (Phi) is 17.5. The predicted molar refractivity (Wildman–Crippen MR) is 177 cm³/mol. The Balaban J connectivity index is 1.92. The van der Waals surface area contributed by atoms with E-state index in [4.69, 9.17) is 18.9 Å². The molecule has 0 aromatic heterocycles. The van der Waals surface area contributed by atoms with Gasteiger partial charge < -0.3 is 0 Å². The van der Waals surface area contributed by atoms with Crippen LogP contribution in [0.2, 0.25) is 9.63 Å². The average Bonchev–Trinajstić information content (AvgIpc) is 3.09. The van der Waals surface area contributed by atoms with Gasteiger partial charge in [0.25, 0.3) is 0 Å². The van der Waals surface area contributed by atoms with Crippen molar-refractivity contribution >= 4 is 62.2 Å². The van der Waals surface area contributed by atoms with Gasteiger partial charge >= 0.3 is 280 Å². The molecule has 4 N–H and O–H groups in total. The fourth-order valence-corrected chi connectivity index (χ4v) is 12.0. The number of methoxy groups -OCH3 is 2. The molecular formula is C32H42N4O10Se2. The molecule has 6 atom stereocenters. The summed E-state index contributed by atoms with van der Waals surface area (Å²) in [5, 5.41) is 10.2. The number of carbonyl (C=O) groups excluding carboxylic acids is 6. The molecule has 0 aliphatic heterocycles. The van der Waals surface area contributed by atoms with Crippen LogP contribution in [0, 0.1) is 0 Å². The molecule has 0 saturated carbocycles. The Morgan fingerprint density at radius 1 is 0.562 bits per heavy atom. The summed E-state index contributed by atoms with van der Waals surface area (Å²) in [7, 11) is 2.40. The Morgan fingerprint density at radius 2 is 0.896 bits per heavy atom. The first-order valence-corrected chi connectivity index (χ1v) is 21.2. The molecule has 0 aliphatic carbocycles. The van der Waals surface area contributed by atoms with Gasteiger partial charge in [-0.25, -0.2) is 0 Å². The monoisotopic (exact) mass is 802 g/mol. The van der Waals surface area contributed by atoms with Crippen LogP contribution in [0.5, 0.6) is 0 Å². The summed E-state index contributed by atoms with van der Waals surface area (Å²) in [5.74, 6) is -2.57. The van der Waals surface area contributed by atoms with Gasteiger partial charge in [0.1, 0.15) is 0 Å². The molecule has 2 rings (SSSR count). The van der Waals surface area contributed by atoms with E-state index in [0.717, 1.165) is 11.1 Å². The third-order valence-corrected chi connectivity index (χ3v) is 17.2. The van der Waals surface area contributed by atoms with Crippen molar-refractivity contribution in [1.82, 2.24) is 21.3 Å². The van der Waals surface area contributed by atoms with Crippen LogP contribution in [0.25, 0.3) is 0 Å². The van der Waals surface area contributed by atoms with Gasteiger partial charge in [0, 0.05) is 0 Å². The molecule has 0 heterocycles. The van der Waals surface area contributed by atoms with Crippen molar-refractivity contribution in [1.29, 1.82) is 0 Å². The fourth-order valence-electron chi connectivity index (χ4n) is 3.85. The summed E-state index contributed by atoms with van der Waals surface area (Å²) in [6.07, 6.45) is -1.59. The van der Waals surface area contributed by atoms with Gasteiger partial charge in [-0.15, -0.1) is 0 Å². The quantitative estimate of drug-likeness (QED) is 0.105. The van der Waals surface area contributed by atoms with E-state index in [1.54, 1.807) is 38.1 Å². The number of rotatable bonds is 17. The van der Waals surface area contributed by atoms with Crippen LogP contribution in [0.4, 0.5) is 9.59 Å². The van der Waals surface area contributed by atoms with Gasteiger partial charge in [-0.05, 0) is 0 Å². The maximum atomic E-state index is 12.9. The number of ether oxygens (including phenoxy) is 4. The van der Waals surface area contributed by atoms with Gasteiger partial charge in [0.05, 0.1) is 0 Å². The summed E-state index contributed by atoms with van der Waals surface area (Å²) < 4.78 is 20.2. The van der Waals surface area contributed by atoms with E-state index in [1.807, 2.05) is 36.4 Å². The fraction of sp³-hybridized carbons (Fsp3) is 0.438. The van der Waals surface area contributed by atoms with Gasteiger partial charge in [-0.2, -0.15) is 0 Å². The van der Waals surface area contributed by atoms with Crippen LogP contribution in [0.15, 0.2) is 60.7 Å². The number of carbonyl (C=O) groups is 6. The molecule has 14 nitrogen and oxygen atoms in total. The van der Waals surface area contributed by atoms with Gasteiger partial charge in [-0.3, -0.25) is 0 Å². The number of benzene rings is 2. The van der Waals surface area contributed by atoms with Gasteiger partial charge in [0.2, 0.25) is 0 Å². The molecule has 262 valence electrons. The van der Waals surface area contributed by atoms with Crippen molar-refractivity contribution in [2.45, 2.75) is 74.7 Å². The molecule has 2 aromatic carbocycles. The van der Waals surface area contributed by atoms with Crippen molar-refractivity contribution < 1.29 is 47.7 Å². The van der Waals surface area contributed by atoms with E-state index in [0.29, 0.717) is 0 Å². The molecule has 0 bridgehead atoms. The Morgan fingerprint density at radius 3 is 1.21 bits per heavy atom. The van der Waals surface area contributed by atoms with Crippen LogP contribution in [-0.4, -0.2) is 101 Å². The Bertz CT molecular complexity index is 1270. The summed E-state index contributed by atoms with van der Waals surface area (Å²) in [6.45, 7) is 6.49. The van der Waals surface area contributed by atoms with Crippen LogP contribution < -0.4 is 21.3 Å². The zero-order valence-electron chi connectivity index (χ0n) is 27.6. The first-order chi connectivity index (χ1) is 22.9. The van der Waals surface area contributed by atoms with E-state index < -0.39 is 60.1 Å². The molecule has 2 aromatic rings. The van der Waals surface area contributed by atoms with Crippen LogP contribution in [0.3, 0.4) is 0 Å². The van der Waals surface area contributed by atoms with Gasteiger partial charge in [-0.1, -0.05) is 12.1 Å². The second kappa shape index (κ2) is 21.0. The van der Waals surface area contributed by atoms with Crippen molar-refractivity contribution in [2.24, 2.45) is 0 Å². The Labute approximate surface area is 291 Å². The van der Waals surface area contributed by atoms with Crippen molar-refractivity contribution in [2.75, 3.05) is 14.2 Å².